The topological polar surface area (TPSA) is 24.1 Å². The van der Waals surface area contributed by atoms with Gasteiger partial charge in [-0.3, -0.25) is 0 Å². The molecule has 1 aromatic carbocycles. The molecule has 0 aliphatic carbocycles. The van der Waals surface area contributed by atoms with Gasteiger partial charge in [0, 0.05) is 12.2 Å². The van der Waals surface area contributed by atoms with Crippen molar-refractivity contribution in [2.75, 3.05) is 11.9 Å². The van der Waals surface area contributed by atoms with E-state index in [1.54, 1.807) is 0 Å². The van der Waals surface area contributed by atoms with Gasteiger partial charge < -0.3 is 10.6 Å². The predicted octanol–water partition coefficient (Wildman–Crippen LogP) is 3.02. The summed E-state index contributed by atoms with van der Waals surface area (Å²) in [6, 6.07) is 9.95. The Hall–Kier alpha value is -1.09. The molecule has 3 heteroatoms. The van der Waals surface area contributed by atoms with Crippen LogP contribution in [-0.2, 0) is 0 Å². The summed E-state index contributed by atoms with van der Waals surface area (Å²) in [6.45, 7) is 5.33. The minimum absolute atomic E-state index is 0.696. The molecule has 0 radical (unpaired) electrons. The van der Waals surface area contributed by atoms with Gasteiger partial charge in [-0.1, -0.05) is 32.0 Å². The maximum absolute atomic E-state index is 5.17. The van der Waals surface area contributed by atoms with Crippen LogP contribution in [0.1, 0.15) is 20.3 Å². The lowest BCUT2D eigenvalue weighted by Crippen LogP contribution is -2.29. The quantitative estimate of drug-likeness (QED) is 0.766. The third-order valence-corrected chi connectivity index (χ3v) is 2.29. The highest BCUT2D eigenvalue weighted by atomic mass is 32.1. The highest BCUT2D eigenvalue weighted by Gasteiger charge is 1.97. The molecule has 1 rings (SSSR count). The average molecular weight is 222 g/mol. The zero-order valence-electron chi connectivity index (χ0n) is 9.29. The molecule has 0 saturated heterocycles. The molecule has 2 nitrogen and oxygen atoms in total. The average Bonchev–Trinajstić information content (AvgIpc) is 2.18. The number of nitrogens with one attached hydrogen (secondary N) is 2. The number of thiocarbonyl (C=S) groups is 1. The summed E-state index contributed by atoms with van der Waals surface area (Å²) < 4.78 is 0. The van der Waals surface area contributed by atoms with E-state index in [1.807, 2.05) is 30.3 Å². The Morgan fingerprint density at radius 3 is 2.53 bits per heavy atom. The summed E-state index contributed by atoms with van der Waals surface area (Å²) in [4.78, 5) is 0. The molecular weight excluding hydrogens is 204 g/mol. The van der Waals surface area contributed by atoms with Gasteiger partial charge in [-0.15, -0.1) is 0 Å². The predicted molar refractivity (Wildman–Crippen MR) is 70.1 cm³/mol. The number of para-hydroxylation sites is 1. The van der Waals surface area contributed by atoms with E-state index in [0.717, 1.165) is 18.7 Å². The molecular formula is C12H18N2S. The van der Waals surface area contributed by atoms with Crippen LogP contribution in [0, 0.1) is 5.92 Å². The Balaban J connectivity index is 2.25. The Morgan fingerprint density at radius 1 is 1.27 bits per heavy atom. The van der Waals surface area contributed by atoms with Crippen molar-refractivity contribution in [1.29, 1.82) is 0 Å². The van der Waals surface area contributed by atoms with Crippen molar-refractivity contribution in [2.24, 2.45) is 5.92 Å². The molecule has 0 spiro atoms. The molecule has 2 N–H and O–H groups in total. The van der Waals surface area contributed by atoms with E-state index < -0.39 is 0 Å². The van der Waals surface area contributed by atoms with Gasteiger partial charge in [0.25, 0.3) is 0 Å². The Bertz CT molecular complexity index is 296. The minimum atomic E-state index is 0.696. The fourth-order valence-corrected chi connectivity index (χ4v) is 1.39. The smallest absolute Gasteiger partial charge is 0.170 e. The molecule has 0 fully saturated rings. The van der Waals surface area contributed by atoms with Crippen LogP contribution in [0.25, 0.3) is 0 Å². The summed E-state index contributed by atoms with van der Waals surface area (Å²) in [5.74, 6) is 0.706. The van der Waals surface area contributed by atoms with Gasteiger partial charge in [0.05, 0.1) is 0 Å². The second kappa shape index (κ2) is 6.40. The number of hydrogen-bond acceptors (Lipinski definition) is 1. The molecule has 0 heterocycles. The maximum Gasteiger partial charge on any atom is 0.170 e. The number of rotatable bonds is 4. The lowest BCUT2D eigenvalue weighted by atomic mass is 10.1. The zero-order chi connectivity index (χ0) is 11.1. The van der Waals surface area contributed by atoms with E-state index in [0.29, 0.717) is 11.0 Å². The Labute approximate surface area is 97.1 Å². The van der Waals surface area contributed by atoms with Gasteiger partial charge in [0.1, 0.15) is 0 Å². The van der Waals surface area contributed by atoms with Crippen molar-refractivity contribution in [3.05, 3.63) is 30.3 Å². The SMILES string of the molecule is CC(C)CCNC(=S)Nc1ccccc1. The number of anilines is 1. The van der Waals surface area contributed by atoms with E-state index in [2.05, 4.69) is 24.5 Å². The molecule has 0 atom stereocenters. The van der Waals surface area contributed by atoms with Gasteiger partial charge in [0.2, 0.25) is 0 Å². The molecule has 0 saturated carbocycles. The first kappa shape index (κ1) is 12.0. The largest absolute Gasteiger partial charge is 0.362 e. The zero-order valence-corrected chi connectivity index (χ0v) is 10.1. The molecule has 0 amide bonds. The monoisotopic (exact) mass is 222 g/mol. The van der Waals surface area contributed by atoms with Crippen LogP contribution in [0.4, 0.5) is 5.69 Å². The summed E-state index contributed by atoms with van der Waals surface area (Å²) in [7, 11) is 0. The third kappa shape index (κ3) is 5.37. The van der Waals surface area contributed by atoms with Gasteiger partial charge in [0.15, 0.2) is 5.11 Å². The van der Waals surface area contributed by atoms with Gasteiger partial charge in [-0.2, -0.15) is 0 Å². The van der Waals surface area contributed by atoms with Crippen LogP contribution in [0.15, 0.2) is 30.3 Å². The fraction of sp³-hybridized carbons (Fsp3) is 0.417. The van der Waals surface area contributed by atoms with Gasteiger partial charge in [-0.05, 0) is 36.7 Å². The van der Waals surface area contributed by atoms with Crippen molar-refractivity contribution in [3.63, 3.8) is 0 Å². The highest BCUT2D eigenvalue weighted by molar-refractivity contribution is 7.80. The molecule has 0 bridgehead atoms. The first-order chi connectivity index (χ1) is 7.18. The Kier molecular flexibility index (Phi) is 5.12. The van der Waals surface area contributed by atoms with Gasteiger partial charge >= 0.3 is 0 Å². The molecule has 0 aromatic heterocycles. The minimum Gasteiger partial charge on any atom is -0.362 e. The summed E-state index contributed by atoms with van der Waals surface area (Å²) in [5.41, 5.74) is 1.03. The second-order valence-corrected chi connectivity index (χ2v) is 4.34. The van der Waals surface area contributed by atoms with Crippen LogP contribution in [-0.4, -0.2) is 11.7 Å². The first-order valence-corrected chi connectivity index (χ1v) is 5.69. The standard InChI is InChI=1S/C12H18N2S/c1-10(2)8-9-13-12(15)14-11-6-4-3-5-7-11/h3-7,10H,8-9H2,1-2H3,(H2,13,14,15). The first-order valence-electron chi connectivity index (χ1n) is 5.28. The normalized spacial score (nSPS) is 10.1. The fourth-order valence-electron chi connectivity index (χ4n) is 1.17. The second-order valence-electron chi connectivity index (χ2n) is 3.93. The van der Waals surface area contributed by atoms with E-state index in [-0.39, 0.29) is 0 Å². The summed E-state index contributed by atoms with van der Waals surface area (Å²) in [5, 5.41) is 7.01. The van der Waals surface area contributed by atoms with Crippen molar-refractivity contribution >= 4 is 23.0 Å². The van der Waals surface area contributed by atoms with Crippen molar-refractivity contribution in [2.45, 2.75) is 20.3 Å². The summed E-state index contributed by atoms with van der Waals surface area (Å²) >= 11 is 5.17. The molecule has 15 heavy (non-hydrogen) atoms. The van der Waals surface area contributed by atoms with E-state index in [9.17, 15) is 0 Å². The molecule has 1 aromatic rings. The maximum atomic E-state index is 5.17. The lowest BCUT2D eigenvalue weighted by Gasteiger charge is -2.11. The van der Waals surface area contributed by atoms with E-state index >= 15 is 0 Å². The molecule has 0 aliphatic heterocycles. The van der Waals surface area contributed by atoms with Crippen LogP contribution >= 0.6 is 12.2 Å². The molecule has 82 valence electrons. The van der Waals surface area contributed by atoms with Crippen LogP contribution in [0.3, 0.4) is 0 Å². The van der Waals surface area contributed by atoms with Crippen molar-refractivity contribution in [1.82, 2.24) is 5.32 Å². The number of benzene rings is 1. The lowest BCUT2D eigenvalue weighted by molar-refractivity contribution is 0.579. The van der Waals surface area contributed by atoms with E-state index in [1.165, 1.54) is 0 Å². The number of hydrogen-bond donors (Lipinski definition) is 2. The Morgan fingerprint density at radius 2 is 1.93 bits per heavy atom. The molecule has 0 unspecified atom stereocenters. The summed E-state index contributed by atoms with van der Waals surface area (Å²) in [6.07, 6.45) is 1.14. The van der Waals surface area contributed by atoms with E-state index in [4.69, 9.17) is 12.2 Å². The van der Waals surface area contributed by atoms with Crippen LogP contribution in [0.2, 0.25) is 0 Å². The van der Waals surface area contributed by atoms with Crippen molar-refractivity contribution < 1.29 is 0 Å². The third-order valence-electron chi connectivity index (χ3n) is 2.04. The van der Waals surface area contributed by atoms with Gasteiger partial charge in [-0.25, -0.2) is 0 Å². The van der Waals surface area contributed by atoms with Crippen LogP contribution < -0.4 is 10.6 Å². The van der Waals surface area contributed by atoms with Crippen LogP contribution in [0.5, 0.6) is 0 Å². The van der Waals surface area contributed by atoms with Crippen molar-refractivity contribution in [3.8, 4) is 0 Å². The highest BCUT2D eigenvalue weighted by Crippen LogP contribution is 2.04. The molecule has 0 aliphatic rings.